The fourth-order valence-corrected chi connectivity index (χ4v) is 2.44. The van der Waals surface area contributed by atoms with Crippen LogP contribution in [0.1, 0.15) is 6.42 Å². The normalized spacial score (nSPS) is 14.8. The van der Waals surface area contributed by atoms with Crippen molar-refractivity contribution in [1.82, 2.24) is 0 Å². The predicted octanol–water partition coefficient (Wildman–Crippen LogP) is -0.801. The van der Waals surface area contributed by atoms with Crippen LogP contribution in [0.25, 0.3) is 0 Å². The summed E-state index contributed by atoms with van der Waals surface area (Å²) in [5.74, 6) is 0.157. The number of thioether (sulfide) groups is 1. The summed E-state index contributed by atoms with van der Waals surface area (Å²) >= 11 is 0.968. The number of rotatable bonds is 5. The zero-order chi connectivity index (χ0) is 8.91. The molecule has 0 aromatic rings. The van der Waals surface area contributed by atoms with Crippen molar-refractivity contribution in [2.24, 2.45) is 11.5 Å². The van der Waals surface area contributed by atoms with E-state index in [1.807, 2.05) is 0 Å². The van der Waals surface area contributed by atoms with Crippen LogP contribution in [-0.2, 0) is 10.1 Å². The smallest absolute Gasteiger partial charge is 0.277 e. The van der Waals surface area contributed by atoms with E-state index < -0.39 is 14.7 Å². The topological polar surface area (TPSA) is 106 Å². The van der Waals surface area contributed by atoms with Crippen molar-refractivity contribution in [3.63, 3.8) is 0 Å². The van der Waals surface area contributed by atoms with Gasteiger partial charge >= 0.3 is 0 Å². The monoisotopic (exact) mass is 200 g/mol. The molecule has 68 valence electrons. The molecule has 7 heteroatoms. The Bertz CT molecular complexity index is 186. The van der Waals surface area contributed by atoms with Crippen molar-refractivity contribution < 1.29 is 13.0 Å². The average molecular weight is 200 g/mol. The first-order valence-electron chi connectivity index (χ1n) is 3.00. The molecule has 0 aliphatic heterocycles. The molecule has 0 rings (SSSR count). The Morgan fingerprint density at radius 3 is 2.27 bits per heavy atom. The van der Waals surface area contributed by atoms with E-state index in [0.29, 0.717) is 0 Å². The summed E-state index contributed by atoms with van der Waals surface area (Å²) in [7, 11) is -3.99. The van der Waals surface area contributed by atoms with E-state index >= 15 is 0 Å². The van der Waals surface area contributed by atoms with Crippen molar-refractivity contribution >= 4 is 21.9 Å². The maximum absolute atomic E-state index is 10.5. The van der Waals surface area contributed by atoms with Crippen LogP contribution in [-0.4, -0.2) is 30.0 Å². The van der Waals surface area contributed by atoms with Crippen LogP contribution < -0.4 is 11.5 Å². The van der Waals surface area contributed by atoms with E-state index in [1.54, 1.807) is 0 Å². The summed E-state index contributed by atoms with van der Waals surface area (Å²) in [5.41, 5.74) is 10.2. The van der Waals surface area contributed by atoms with Gasteiger partial charge in [-0.05, 0) is 13.0 Å². The van der Waals surface area contributed by atoms with Gasteiger partial charge in [0.25, 0.3) is 10.1 Å². The molecule has 0 saturated carbocycles. The van der Waals surface area contributed by atoms with Gasteiger partial charge in [0.15, 0.2) is 0 Å². The first kappa shape index (κ1) is 11.2. The highest BCUT2D eigenvalue weighted by atomic mass is 32.3. The first-order chi connectivity index (χ1) is 5.02. The molecule has 0 aliphatic carbocycles. The van der Waals surface area contributed by atoms with Crippen LogP contribution in [0, 0.1) is 0 Å². The molecule has 1 atom stereocenters. The van der Waals surface area contributed by atoms with E-state index in [0.717, 1.165) is 11.8 Å². The highest BCUT2D eigenvalue weighted by molar-refractivity contribution is 8.11. The van der Waals surface area contributed by atoms with Gasteiger partial charge in [-0.15, -0.1) is 11.8 Å². The zero-order valence-corrected chi connectivity index (χ0v) is 7.57. The fraction of sp³-hybridized carbons (Fsp3) is 1.00. The van der Waals surface area contributed by atoms with Crippen LogP contribution in [0.3, 0.4) is 0 Å². The average Bonchev–Trinajstić information content (AvgIpc) is 1.85. The van der Waals surface area contributed by atoms with Crippen LogP contribution in [0.2, 0.25) is 0 Å². The maximum Gasteiger partial charge on any atom is 0.277 e. The predicted molar refractivity (Wildman–Crippen MR) is 45.7 cm³/mol. The van der Waals surface area contributed by atoms with Crippen LogP contribution >= 0.6 is 11.8 Å². The van der Waals surface area contributed by atoms with E-state index in [9.17, 15) is 8.42 Å². The molecule has 0 aromatic carbocycles. The minimum absolute atomic E-state index is 0.157. The summed E-state index contributed by atoms with van der Waals surface area (Å²) in [6.07, 6.45) is 0.223. The SMILES string of the molecule is NCCC(SCN)S(=O)(=O)O. The number of hydrogen-bond acceptors (Lipinski definition) is 5. The van der Waals surface area contributed by atoms with E-state index in [-0.39, 0.29) is 18.8 Å². The molecular formula is C4H12N2O3S2. The second kappa shape index (κ2) is 4.94. The Morgan fingerprint density at radius 2 is 2.00 bits per heavy atom. The zero-order valence-electron chi connectivity index (χ0n) is 5.93. The third-order valence-corrected chi connectivity index (χ3v) is 3.85. The quantitative estimate of drug-likeness (QED) is 0.396. The molecule has 11 heavy (non-hydrogen) atoms. The largest absolute Gasteiger partial charge is 0.330 e. The second-order valence-corrected chi connectivity index (χ2v) is 4.99. The molecule has 0 spiro atoms. The molecule has 0 bridgehead atoms. The van der Waals surface area contributed by atoms with Gasteiger partial charge in [-0.1, -0.05) is 0 Å². The Morgan fingerprint density at radius 1 is 1.45 bits per heavy atom. The summed E-state index contributed by atoms with van der Waals surface area (Å²) in [6, 6.07) is 0. The van der Waals surface area contributed by atoms with E-state index in [1.165, 1.54) is 0 Å². The summed E-state index contributed by atoms with van der Waals surface area (Å²) in [6.45, 7) is 0.220. The van der Waals surface area contributed by atoms with Gasteiger partial charge in [0.1, 0.15) is 4.58 Å². The fourth-order valence-electron chi connectivity index (χ4n) is 0.562. The highest BCUT2D eigenvalue weighted by Gasteiger charge is 2.21. The second-order valence-electron chi connectivity index (χ2n) is 1.86. The van der Waals surface area contributed by atoms with Crippen LogP contribution in [0.5, 0.6) is 0 Å². The molecule has 5 nitrogen and oxygen atoms in total. The molecule has 0 aromatic heterocycles. The van der Waals surface area contributed by atoms with Crippen LogP contribution in [0.4, 0.5) is 0 Å². The summed E-state index contributed by atoms with van der Waals surface area (Å²) in [5, 5.41) is 0. The van der Waals surface area contributed by atoms with Gasteiger partial charge in [-0.2, -0.15) is 8.42 Å². The lowest BCUT2D eigenvalue weighted by molar-refractivity contribution is 0.477. The lowest BCUT2D eigenvalue weighted by Crippen LogP contribution is -2.22. The maximum atomic E-state index is 10.5. The van der Waals surface area contributed by atoms with Crippen LogP contribution in [0.15, 0.2) is 0 Å². The first-order valence-corrected chi connectivity index (χ1v) is 5.55. The molecule has 0 radical (unpaired) electrons. The number of nitrogens with two attached hydrogens (primary N) is 2. The third-order valence-electron chi connectivity index (χ3n) is 1.02. The molecule has 5 N–H and O–H groups in total. The lowest BCUT2D eigenvalue weighted by Gasteiger charge is -2.09. The Labute approximate surface area is 70.3 Å². The standard InChI is InChI=1S/C4H12N2O3S2/c5-2-1-4(10-3-6)11(7,8)9/h4H,1-3,5-6H2,(H,7,8,9). The van der Waals surface area contributed by atoms with Crippen molar-refractivity contribution in [3.05, 3.63) is 0 Å². The molecule has 0 aliphatic rings. The molecule has 0 heterocycles. The Hall–Kier alpha value is 0.180. The molecule has 1 unspecified atom stereocenters. The van der Waals surface area contributed by atoms with Gasteiger partial charge < -0.3 is 11.5 Å². The van der Waals surface area contributed by atoms with Gasteiger partial charge in [-0.25, -0.2) is 0 Å². The summed E-state index contributed by atoms with van der Waals surface area (Å²) in [4.78, 5) is 0. The molecule has 0 saturated heterocycles. The van der Waals surface area contributed by atoms with E-state index in [2.05, 4.69) is 0 Å². The van der Waals surface area contributed by atoms with Crippen molar-refractivity contribution in [2.75, 3.05) is 12.4 Å². The lowest BCUT2D eigenvalue weighted by atomic mass is 10.5. The van der Waals surface area contributed by atoms with Crippen molar-refractivity contribution in [2.45, 2.75) is 11.0 Å². The van der Waals surface area contributed by atoms with Gasteiger partial charge in [0, 0.05) is 5.88 Å². The van der Waals surface area contributed by atoms with Gasteiger partial charge in [0.2, 0.25) is 0 Å². The van der Waals surface area contributed by atoms with Gasteiger partial charge in [-0.3, -0.25) is 4.55 Å². The highest BCUT2D eigenvalue weighted by Crippen LogP contribution is 2.17. The minimum atomic E-state index is -3.99. The summed E-state index contributed by atoms with van der Waals surface area (Å²) < 4.78 is 28.8. The van der Waals surface area contributed by atoms with E-state index in [4.69, 9.17) is 16.0 Å². The minimum Gasteiger partial charge on any atom is -0.330 e. The Kier molecular flexibility index (Phi) is 5.02. The van der Waals surface area contributed by atoms with Crippen molar-refractivity contribution in [1.29, 1.82) is 0 Å². The Balaban J connectivity index is 4.11. The third kappa shape index (κ3) is 4.59. The van der Waals surface area contributed by atoms with Gasteiger partial charge in [0.05, 0.1) is 0 Å². The van der Waals surface area contributed by atoms with Crippen molar-refractivity contribution in [3.8, 4) is 0 Å². The molecule has 0 amide bonds. The molecular weight excluding hydrogens is 188 g/mol. The number of hydrogen-bond donors (Lipinski definition) is 3. The molecule has 0 fully saturated rings.